The first-order valence-corrected chi connectivity index (χ1v) is 9.95. The number of carbonyl (C=O) groups excluding carboxylic acids is 1. The van der Waals surface area contributed by atoms with Gasteiger partial charge in [0.05, 0.1) is 12.6 Å². The Balaban J connectivity index is 1.58. The zero-order valence-corrected chi connectivity index (χ0v) is 16.9. The smallest absolute Gasteiger partial charge is 0.268 e. The number of hydrogen-bond acceptors (Lipinski definition) is 5. The number of hydrogen-bond donors (Lipinski definition) is 4. The number of aryl methyl sites for hydroxylation is 2. The van der Waals surface area contributed by atoms with Crippen molar-refractivity contribution in [3.8, 4) is 11.3 Å². The fourth-order valence-corrected chi connectivity index (χ4v) is 3.47. The lowest BCUT2D eigenvalue weighted by atomic mass is 10.0. The maximum Gasteiger partial charge on any atom is 0.268 e. The second kappa shape index (κ2) is 8.46. The molecule has 1 amide bonds. The van der Waals surface area contributed by atoms with Crippen LogP contribution in [-0.2, 0) is 6.42 Å². The van der Waals surface area contributed by atoms with Crippen LogP contribution in [0.5, 0.6) is 0 Å². The fraction of sp³-hybridized carbons (Fsp3) is 0.273. The normalized spacial score (nSPS) is 12.2. The number of aromatic amines is 2. The van der Waals surface area contributed by atoms with Gasteiger partial charge in [0.15, 0.2) is 5.65 Å². The van der Waals surface area contributed by atoms with Gasteiger partial charge in [-0.05, 0) is 25.0 Å². The number of aromatic nitrogens is 5. The van der Waals surface area contributed by atoms with E-state index in [2.05, 4.69) is 37.2 Å². The number of nitrogens with one attached hydrogen (secondary N) is 3. The molecule has 8 nitrogen and oxygen atoms in total. The van der Waals surface area contributed by atoms with Crippen LogP contribution in [0, 0.1) is 6.92 Å². The van der Waals surface area contributed by atoms with Gasteiger partial charge >= 0.3 is 0 Å². The highest BCUT2D eigenvalue weighted by molar-refractivity contribution is 5.95. The van der Waals surface area contributed by atoms with E-state index in [4.69, 9.17) is 0 Å². The maximum absolute atomic E-state index is 12.8. The minimum atomic E-state index is -0.487. The Kier molecular flexibility index (Phi) is 5.58. The van der Waals surface area contributed by atoms with Crippen molar-refractivity contribution in [3.63, 3.8) is 0 Å². The predicted molar refractivity (Wildman–Crippen MR) is 114 cm³/mol. The number of benzene rings is 1. The molecule has 1 aromatic carbocycles. The summed E-state index contributed by atoms with van der Waals surface area (Å²) in [6.07, 6.45) is 5.01. The number of aliphatic hydroxyl groups excluding tert-OH is 1. The zero-order chi connectivity index (χ0) is 21.1. The molecule has 0 spiro atoms. The number of nitrogens with zero attached hydrogens (tertiary/aromatic N) is 3. The van der Waals surface area contributed by atoms with E-state index in [0.29, 0.717) is 17.0 Å². The second-order valence-electron chi connectivity index (χ2n) is 7.28. The van der Waals surface area contributed by atoms with E-state index in [1.54, 1.807) is 12.3 Å². The topological polar surface area (TPSA) is 120 Å². The zero-order valence-electron chi connectivity index (χ0n) is 16.9. The number of imidazole rings is 1. The Morgan fingerprint density at radius 1 is 1.27 bits per heavy atom. The predicted octanol–water partition coefficient (Wildman–Crippen LogP) is 3.07. The standard InChI is InChI=1S/C22H24N6O2/c1-3-5-18-27-20-19(24-12-25-21(20)28-18)15-9-16(23-10-15)22(30)26-17(11-29)14-7-4-6-13(2)8-14/h4,6-10,12,17,23,29H,3,5,11H2,1-2H3,(H,26,30)(H,24,25,27,28). The molecular formula is C22H24N6O2. The molecular weight excluding hydrogens is 380 g/mol. The van der Waals surface area contributed by atoms with Crippen molar-refractivity contribution >= 4 is 17.1 Å². The molecule has 0 aliphatic rings. The monoisotopic (exact) mass is 404 g/mol. The summed E-state index contributed by atoms with van der Waals surface area (Å²) in [7, 11) is 0. The van der Waals surface area contributed by atoms with Crippen molar-refractivity contribution in [1.82, 2.24) is 30.2 Å². The summed E-state index contributed by atoms with van der Waals surface area (Å²) in [5.74, 6) is 0.565. The summed E-state index contributed by atoms with van der Waals surface area (Å²) in [4.78, 5) is 32.2. The van der Waals surface area contributed by atoms with Crippen molar-refractivity contribution in [2.45, 2.75) is 32.7 Å². The molecule has 3 aromatic heterocycles. The molecule has 0 radical (unpaired) electrons. The SMILES string of the molecule is CCCc1nc2ncnc(-c3c[nH]c(C(=O)NC(CO)c4cccc(C)c4)c3)c2[nH]1. The highest BCUT2D eigenvalue weighted by Crippen LogP contribution is 2.25. The molecule has 1 unspecified atom stereocenters. The molecule has 154 valence electrons. The largest absolute Gasteiger partial charge is 0.394 e. The van der Waals surface area contributed by atoms with Gasteiger partial charge < -0.3 is 20.4 Å². The summed E-state index contributed by atoms with van der Waals surface area (Å²) in [6, 6.07) is 8.97. The number of fused-ring (bicyclic) bond motifs is 1. The molecule has 0 bridgehead atoms. The van der Waals surface area contributed by atoms with Crippen LogP contribution in [0.3, 0.4) is 0 Å². The molecule has 1 atom stereocenters. The Bertz CT molecular complexity index is 1180. The number of carbonyl (C=O) groups is 1. The third kappa shape index (κ3) is 3.95. The van der Waals surface area contributed by atoms with Gasteiger partial charge in [0, 0.05) is 18.2 Å². The second-order valence-corrected chi connectivity index (χ2v) is 7.28. The maximum atomic E-state index is 12.8. The third-order valence-electron chi connectivity index (χ3n) is 4.96. The van der Waals surface area contributed by atoms with E-state index in [1.165, 1.54) is 6.33 Å². The first kappa shape index (κ1) is 19.8. The summed E-state index contributed by atoms with van der Waals surface area (Å²) in [5.41, 5.74) is 5.11. The first-order chi connectivity index (χ1) is 14.6. The highest BCUT2D eigenvalue weighted by Gasteiger charge is 2.18. The van der Waals surface area contributed by atoms with Crippen LogP contribution in [0.4, 0.5) is 0 Å². The van der Waals surface area contributed by atoms with Crippen LogP contribution in [0.25, 0.3) is 22.4 Å². The van der Waals surface area contributed by atoms with Gasteiger partial charge in [-0.15, -0.1) is 0 Å². The quantitative estimate of drug-likeness (QED) is 0.377. The van der Waals surface area contributed by atoms with Crippen molar-refractivity contribution in [2.75, 3.05) is 6.61 Å². The Hall–Kier alpha value is -3.52. The molecule has 3 heterocycles. The van der Waals surface area contributed by atoms with Crippen molar-refractivity contribution < 1.29 is 9.90 Å². The first-order valence-electron chi connectivity index (χ1n) is 9.95. The summed E-state index contributed by atoms with van der Waals surface area (Å²) < 4.78 is 0. The summed E-state index contributed by atoms with van der Waals surface area (Å²) >= 11 is 0. The van der Waals surface area contributed by atoms with Crippen LogP contribution in [0.2, 0.25) is 0 Å². The van der Waals surface area contributed by atoms with E-state index in [9.17, 15) is 9.90 Å². The van der Waals surface area contributed by atoms with Crippen molar-refractivity contribution in [3.05, 3.63) is 65.5 Å². The molecule has 4 N–H and O–H groups in total. The lowest BCUT2D eigenvalue weighted by molar-refractivity contribution is 0.0911. The van der Waals surface area contributed by atoms with Gasteiger partial charge in [0.2, 0.25) is 0 Å². The van der Waals surface area contributed by atoms with Gasteiger partial charge in [-0.1, -0.05) is 36.8 Å². The summed E-state index contributed by atoms with van der Waals surface area (Å²) in [6.45, 7) is 3.87. The van der Waals surface area contributed by atoms with Crippen LogP contribution in [-0.4, -0.2) is 42.5 Å². The van der Waals surface area contributed by atoms with Crippen LogP contribution in [0.15, 0.2) is 42.9 Å². The molecule has 8 heteroatoms. The third-order valence-corrected chi connectivity index (χ3v) is 4.96. The van der Waals surface area contributed by atoms with Crippen LogP contribution >= 0.6 is 0 Å². The molecule has 30 heavy (non-hydrogen) atoms. The number of rotatable bonds is 7. The van der Waals surface area contributed by atoms with Crippen molar-refractivity contribution in [1.29, 1.82) is 0 Å². The minimum absolute atomic E-state index is 0.191. The van der Waals surface area contributed by atoms with Gasteiger partial charge in [-0.3, -0.25) is 4.79 Å². The van der Waals surface area contributed by atoms with E-state index >= 15 is 0 Å². The Labute approximate surface area is 173 Å². The molecule has 4 aromatic rings. The minimum Gasteiger partial charge on any atom is -0.394 e. The summed E-state index contributed by atoms with van der Waals surface area (Å²) in [5, 5.41) is 12.6. The van der Waals surface area contributed by atoms with Gasteiger partial charge in [-0.2, -0.15) is 0 Å². The number of H-pyrrole nitrogens is 2. The van der Waals surface area contributed by atoms with Crippen molar-refractivity contribution in [2.24, 2.45) is 0 Å². The van der Waals surface area contributed by atoms with E-state index < -0.39 is 6.04 Å². The van der Waals surface area contributed by atoms with Crippen LogP contribution < -0.4 is 5.32 Å². The van der Waals surface area contributed by atoms with E-state index in [-0.39, 0.29) is 12.5 Å². The molecule has 0 saturated heterocycles. The number of aliphatic hydroxyl groups is 1. The highest BCUT2D eigenvalue weighted by atomic mass is 16.3. The van der Waals surface area contributed by atoms with Gasteiger partial charge in [0.1, 0.15) is 29.1 Å². The lowest BCUT2D eigenvalue weighted by Crippen LogP contribution is -2.31. The van der Waals surface area contributed by atoms with Gasteiger partial charge in [0.25, 0.3) is 5.91 Å². The van der Waals surface area contributed by atoms with E-state index in [1.807, 2.05) is 31.2 Å². The average molecular weight is 404 g/mol. The molecule has 0 fully saturated rings. The Morgan fingerprint density at radius 2 is 2.13 bits per heavy atom. The van der Waals surface area contributed by atoms with Gasteiger partial charge in [-0.25, -0.2) is 15.0 Å². The molecule has 4 rings (SSSR count). The number of amides is 1. The molecule has 0 saturated carbocycles. The van der Waals surface area contributed by atoms with E-state index in [0.717, 1.165) is 40.9 Å². The average Bonchev–Trinajstić information content (AvgIpc) is 3.39. The fourth-order valence-electron chi connectivity index (χ4n) is 3.47. The molecule has 0 aliphatic carbocycles. The lowest BCUT2D eigenvalue weighted by Gasteiger charge is -2.16. The molecule has 0 aliphatic heterocycles. The Morgan fingerprint density at radius 3 is 2.90 bits per heavy atom. The van der Waals surface area contributed by atoms with Crippen LogP contribution in [0.1, 0.15) is 46.8 Å².